The molecule has 18 heavy (non-hydrogen) atoms. The molecule has 2 heterocycles. The van der Waals surface area contributed by atoms with Gasteiger partial charge in [-0.2, -0.15) is 0 Å². The quantitative estimate of drug-likeness (QED) is 0.777. The second-order valence-corrected chi connectivity index (χ2v) is 5.80. The molecule has 2 rings (SSSR count). The lowest BCUT2D eigenvalue weighted by Gasteiger charge is -2.30. The Balaban J connectivity index is 1.54. The summed E-state index contributed by atoms with van der Waals surface area (Å²) in [5.74, 6) is 0.782. The number of rotatable bonds is 4. The Morgan fingerprint density at radius 3 is 2.50 bits per heavy atom. The van der Waals surface area contributed by atoms with E-state index in [2.05, 4.69) is 17.1 Å². The summed E-state index contributed by atoms with van der Waals surface area (Å²) in [7, 11) is 0. The van der Waals surface area contributed by atoms with Gasteiger partial charge in [0, 0.05) is 19.6 Å². The van der Waals surface area contributed by atoms with Crippen LogP contribution in [0.4, 0.5) is 4.79 Å². The maximum atomic E-state index is 11.9. The number of hydrogen-bond donors (Lipinski definition) is 1. The van der Waals surface area contributed by atoms with Crippen molar-refractivity contribution in [2.45, 2.75) is 39.0 Å². The first-order chi connectivity index (χ1) is 8.75. The summed E-state index contributed by atoms with van der Waals surface area (Å²) in [6.07, 6.45) is 6.08. The van der Waals surface area contributed by atoms with Crippen LogP contribution >= 0.6 is 0 Å². The average molecular weight is 253 g/mol. The second-order valence-electron chi connectivity index (χ2n) is 5.80. The van der Waals surface area contributed by atoms with Crippen molar-refractivity contribution in [3.05, 3.63) is 0 Å². The van der Waals surface area contributed by atoms with E-state index in [9.17, 15) is 4.79 Å². The van der Waals surface area contributed by atoms with E-state index in [1.807, 2.05) is 4.90 Å². The lowest BCUT2D eigenvalue weighted by atomic mass is 10.00. The van der Waals surface area contributed by atoms with Crippen molar-refractivity contribution < 1.29 is 4.79 Å². The fourth-order valence-corrected chi connectivity index (χ4v) is 2.83. The van der Waals surface area contributed by atoms with Gasteiger partial charge in [-0.1, -0.05) is 6.92 Å². The Bertz CT molecular complexity index is 256. The van der Waals surface area contributed by atoms with Gasteiger partial charge in [0.1, 0.15) is 0 Å². The first kappa shape index (κ1) is 13.7. The van der Waals surface area contributed by atoms with Gasteiger partial charge in [-0.25, -0.2) is 4.79 Å². The average Bonchev–Trinajstić information content (AvgIpc) is 2.88. The molecule has 0 bridgehead atoms. The molecule has 0 radical (unpaired) electrons. The molecule has 4 nitrogen and oxygen atoms in total. The predicted octanol–water partition coefficient (Wildman–Crippen LogP) is 1.91. The third-order valence-electron chi connectivity index (χ3n) is 4.20. The van der Waals surface area contributed by atoms with E-state index in [1.165, 1.54) is 25.9 Å². The van der Waals surface area contributed by atoms with E-state index >= 15 is 0 Å². The van der Waals surface area contributed by atoms with Crippen molar-refractivity contribution >= 4 is 6.03 Å². The minimum Gasteiger partial charge on any atom is -0.338 e. The van der Waals surface area contributed by atoms with Crippen LogP contribution in [0.25, 0.3) is 0 Å². The van der Waals surface area contributed by atoms with Crippen molar-refractivity contribution in [2.24, 2.45) is 5.92 Å². The van der Waals surface area contributed by atoms with Gasteiger partial charge >= 0.3 is 6.03 Å². The molecule has 2 aliphatic heterocycles. The second kappa shape index (κ2) is 6.98. The summed E-state index contributed by atoms with van der Waals surface area (Å²) in [6.45, 7) is 8.58. The molecule has 1 N–H and O–H groups in total. The van der Waals surface area contributed by atoms with Crippen LogP contribution in [-0.4, -0.2) is 55.1 Å². The van der Waals surface area contributed by atoms with E-state index in [0.717, 1.165) is 51.4 Å². The molecule has 2 fully saturated rings. The molecule has 0 aliphatic carbocycles. The molecule has 0 atom stereocenters. The molecule has 0 unspecified atom stereocenters. The van der Waals surface area contributed by atoms with Crippen molar-refractivity contribution in [1.82, 2.24) is 15.1 Å². The number of urea groups is 1. The van der Waals surface area contributed by atoms with Crippen molar-refractivity contribution in [3.63, 3.8) is 0 Å². The Labute approximate surface area is 111 Å². The van der Waals surface area contributed by atoms with Gasteiger partial charge in [0.25, 0.3) is 0 Å². The first-order valence-corrected chi connectivity index (χ1v) is 7.51. The fourth-order valence-electron chi connectivity index (χ4n) is 2.83. The van der Waals surface area contributed by atoms with Crippen molar-refractivity contribution in [2.75, 3.05) is 39.3 Å². The zero-order chi connectivity index (χ0) is 12.8. The summed E-state index contributed by atoms with van der Waals surface area (Å²) < 4.78 is 0. The summed E-state index contributed by atoms with van der Waals surface area (Å²) >= 11 is 0. The van der Waals surface area contributed by atoms with E-state index in [4.69, 9.17) is 0 Å². The van der Waals surface area contributed by atoms with Gasteiger partial charge in [0.2, 0.25) is 0 Å². The molecule has 4 heteroatoms. The summed E-state index contributed by atoms with van der Waals surface area (Å²) in [4.78, 5) is 16.4. The van der Waals surface area contributed by atoms with Crippen LogP contribution in [0, 0.1) is 5.92 Å². The lowest BCUT2D eigenvalue weighted by molar-refractivity contribution is 0.173. The van der Waals surface area contributed by atoms with Crippen LogP contribution in [0.1, 0.15) is 39.0 Å². The molecule has 2 saturated heterocycles. The van der Waals surface area contributed by atoms with E-state index in [0.29, 0.717) is 0 Å². The number of piperidine rings is 1. The van der Waals surface area contributed by atoms with Crippen LogP contribution in [0.3, 0.4) is 0 Å². The van der Waals surface area contributed by atoms with E-state index in [-0.39, 0.29) is 6.03 Å². The predicted molar refractivity (Wildman–Crippen MR) is 73.7 cm³/mol. The topological polar surface area (TPSA) is 35.6 Å². The molecule has 0 spiro atoms. The molecule has 104 valence electrons. The molecular formula is C14H27N3O. The number of carbonyl (C=O) groups is 1. The summed E-state index contributed by atoms with van der Waals surface area (Å²) in [6, 6.07) is 0.142. The maximum Gasteiger partial charge on any atom is 0.317 e. The monoisotopic (exact) mass is 253 g/mol. The smallest absolute Gasteiger partial charge is 0.317 e. The minimum absolute atomic E-state index is 0.142. The number of nitrogens with zero attached hydrogens (tertiary/aromatic N) is 2. The van der Waals surface area contributed by atoms with Crippen LogP contribution < -0.4 is 5.32 Å². The zero-order valence-electron chi connectivity index (χ0n) is 11.7. The lowest BCUT2D eigenvalue weighted by Crippen LogP contribution is -2.44. The molecule has 0 saturated carbocycles. The van der Waals surface area contributed by atoms with Crippen molar-refractivity contribution in [3.8, 4) is 0 Å². The van der Waals surface area contributed by atoms with Gasteiger partial charge in [0.05, 0.1) is 0 Å². The molecule has 2 aliphatic rings. The van der Waals surface area contributed by atoms with Crippen LogP contribution in [0.2, 0.25) is 0 Å². The minimum atomic E-state index is 0.142. The van der Waals surface area contributed by atoms with Crippen LogP contribution in [-0.2, 0) is 0 Å². The summed E-state index contributed by atoms with van der Waals surface area (Å²) in [5.41, 5.74) is 0. The fraction of sp³-hybridized carbons (Fsp3) is 0.929. The number of hydrogen-bond acceptors (Lipinski definition) is 2. The highest BCUT2D eigenvalue weighted by Crippen LogP contribution is 2.15. The maximum absolute atomic E-state index is 11.9. The normalized spacial score (nSPS) is 22.4. The molecule has 2 amide bonds. The summed E-state index contributed by atoms with van der Waals surface area (Å²) in [5, 5.41) is 3.05. The molecular weight excluding hydrogens is 226 g/mol. The standard InChI is InChI=1S/C14H27N3O/c1-13-5-11-17(12-6-13)14(18)15-7-4-10-16-8-2-3-9-16/h13H,2-12H2,1H3,(H,15,18). The zero-order valence-corrected chi connectivity index (χ0v) is 11.7. The number of likely N-dealkylation sites (tertiary alicyclic amines) is 2. The number of nitrogens with one attached hydrogen (secondary N) is 1. The van der Waals surface area contributed by atoms with Gasteiger partial charge in [-0.05, 0) is 57.7 Å². The first-order valence-electron chi connectivity index (χ1n) is 7.51. The Hall–Kier alpha value is -0.770. The highest BCUT2D eigenvalue weighted by Gasteiger charge is 2.19. The van der Waals surface area contributed by atoms with Gasteiger partial charge in [-0.3, -0.25) is 0 Å². The Morgan fingerprint density at radius 1 is 1.17 bits per heavy atom. The highest BCUT2D eigenvalue weighted by atomic mass is 16.2. The molecule has 0 aromatic rings. The molecule has 0 aromatic carbocycles. The number of carbonyl (C=O) groups excluding carboxylic acids is 1. The Kier molecular flexibility index (Phi) is 5.29. The third kappa shape index (κ3) is 4.16. The Morgan fingerprint density at radius 2 is 1.83 bits per heavy atom. The largest absolute Gasteiger partial charge is 0.338 e. The molecule has 0 aromatic heterocycles. The van der Waals surface area contributed by atoms with Crippen LogP contribution in [0.15, 0.2) is 0 Å². The third-order valence-corrected chi connectivity index (χ3v) is 4.20. The van der Waals surface area contributed by atoms with E-state index in [1.54, 1.807) is 0 Å². The SMILES string of the molecule is CC1CCN(C(=O)NCCCN2CCCC2)CC1. The highest BCUT2D eigenvalue weighted by molar-refractivity contribution is 5.74. The van der Waals surface area contributed by atoms with Gasteiger partial charge in [0.15, 0.2) is 0 Å². The van der Waals surface area contributed by atoms with Gasteiger partial charge < -0.3 is 15.1 Å². The van der Waals surface area contributed by atoms with E-state index < -0.39 is 0 Å². The van der Waals surface area contributed by atoms with Crippen molar-refractivity contribution in [1.29, 1.82) is 0 Å². The number of amides is 2. The van der Waals surface area contributed by atoms with Gasteiger partial charge in [-0.15, -0.1) is 0 Å². The van der Waals surface area contributed by atoms with Crippen LogP contribution in [0.5, 0.6) is 0 Å².